The van der Waals surface area contributed by atoms with E-state index in [9.17, 15) is 10.1 Å². The van der Waals surface area contributed by atoms with Crippen molar-refractivity contribution in [2.45, 2.75) is 33.2 Å². The fourth-order valence-corrected chi connectivity index (χ4v) is 6.00. The van der Waals surface area contributed by atoms with Crippen LogP contribution in [0.1, 0.15) is 23.2 Å². The summed E-state index contributed by atoms with van der Waals surface area (Å²) in [5.41, 5.74) is 9.18. The van der Waals surface area contributed by atoms with Gasteiger partial charge in [0.2, 0.25) is 5.95 Å². The summed E-state index contributed by atoms with van der Waals surface area (Å²) in [5.74, 6) is 0.371. The summed E-state index contributed by atoms with van der Waals surface area (Å²) in [6, 6.07) is 12.0. The number of aryl methyl sites for hydroxylation is 5. The summed E-state index contributed by atoms with van der Waals surface area (Å²) in [6.45, 7) is 6.31. The van der Waals surface area contributed by atoms with Crippen LogP contribution >= 0.6 is 0 Å². The number of halogens is 19. The highest BCUT2D eigenvalue weighted by Gasteiger charge is 2.24. The van der Waals surface area contributed by atoms with Gasteiger partial charge in [0.15, 0.2) is 0 Å². The van der Waals surface area contributed by atoms with Crippen LogP contribution in [0.5, 0.6) is 0 Å². The van der Waals surface area contributed by atoms with Gasteiger partial charge in [-0.25, -0.2) is 9.97 Å². The van der Waals surface area contributed by atoms with Crippen molar-refractivity contribution >= 4 is 33.9 Å². The number of likely N-dealkylation sites (N-methyl/N-ethyl adjacent to an activating group) is 2. The molecule has 3 aromatic heterocycles. The van der Waals surface area contributed by atoms with Crippen molar-refractivity contribution in [3.63, 3.8) is 0 Å². The second-order valence-electron chi connectivity index (χ2n) is 11.7. The fraction of sp³-hybridized carbons (Fsp3) is 0.344. The molecule has 30 heteroatoms. The van der Waals surface area contributed by atoms with Crippen molar-refractivity contribution in [1.29, 1.82) is 0 Å². The quantitative estimate of drug-likeness (QED) is 0.0884. The molecule has 62 heavy (non-hydrogen) atoms. The number of nitro benzene ring substituents is 1. The lowest BCUT2D eigenvalue weighted by Gasteiger charge is -2.22. The highest BCUT2D eigenvalue weighted by molar-refractivity contribution is 6.00. The Balaban J connectivity index is -0.000000508. The Morgan fingerprint density at radius 1 is 0.806 bits per heavy atom. The number of aromatic nitrogens is 5. The zero-order valence-corrected chi connectivity index (χ0v) is 32.8. The molecule has 0 aliphatic carbocycles. The highest BCUT2D eigenvalue weighted by atomic mass is 20.0. The zero-order chi connectivity index (χ0) is 48.4. The van der Waals surface area contributed by atoms with Crippen LogP contribution in [0.15, 0.2) is 48.8 Å². The number of anilines is 3. The van der Waals surface area contributed by atoms with Crippen LogP contribution in [0.25, 0.3) is 33.4 Å². The molecule has 0 atom stereocenters. The maximum absolute atomic E-state index is 12.1. The summed E-state index contributed by atoms with van der Waals surface area (Å²) in [7, 11) is 7.78. The third-order valence-electron chi connectivity index (χ3n) is 8.21. The topological polar surface area (TPSA) is 110 Å². The molecule has 1 N–H and O–H groups in total. The van der Waals surface area contributed by atoms with Gasteiger partial charge in [0.05, 0.1) is 33.2 Å². The molecule has 0 spiro atoms. The molecule has 4 heterocycles. The van der Waals surface area contributed by atoms with Gasteiger partial charge in [-0.2, -0.15) is 5.10 Å². The van der Waals surface area contributed by atoms with Crippen LogP contribution in [-0.4, -0.2) is 68.4 Å². The number of hydrogen-bond donors (Lipinski definition) is 1. The van der Waals surface area contributed by atoms with Crippen molar-refractivity contribution in [2.75, 3.05) is 44.4 Å². The first-order valence-corrected chi connectivity index (χ1v) is 15.8. The summed E-state index contributed by atoms with van der Waals surface area (Å²) >= 11 is 0. The van der Waals surface area contributed by atoms with Gasteiger partial charge in [-0.15, -0.1) is 0 Å². The number of para-hydroxylation sites is 1. The van der Waals surface area contributed by atoms with Gasteiger partial charge in [-0.3, -0.25) is 19.5 Å². The van der Waals surface area contributed by atoms with E-state index in [1.807, 2.05) is 69.9 Å². The van der Waals surface area contributed by atoms with Crippen LogP contribution < -0.4 is 10.2 Å². The third-order valence-corrected chi connectivity index (χ3v) is 8.21. The number of nitrogens with one attached hydrogen (secondary N) is 1. The maximum atomic E-state index is 12.1. The molecule has 11 nitrogen and oxygen atoms in total. The number of hydrogen-bond acceptors (Lipinski definition) is 8. The van der Waals surface area contributed by atoms with Gasteiger partial charge in [-0.1, -0.05) is 18.2 Å². The first kappa shape index (κ1) is 65.0. The predicted molar refractivity (Wildman–Crippen MR) is 194 cm³/mol. The second kappa shape index (κ2) is 37.9. The van der Waals surface area contributed by atoms with Gasteiger partial charge >= 0.3 is 0 Å². The van der Waals surface area contributed by atoms with Crippen molar-refractivity contribution in [3.8, 4) is 22.5 Å². The van der Waals surface area contributed by atoms with Crippen molar-refractivity contribution in [1.82, 2.24) is 29.2 Å². The van der Waals surface area contributed by atoms with E-state index in [1.165, 1.54) is 11.1 Å². The average Bonchev–Trinajstić information content (AvgIpc) is 3.88. The molecular weight excluding hydrogens is 903 g/mol. The van der Waals surface area contributed by atoms with Gasteiger partial charge in [0.1, 0.15) is 5.69 Å². The first-order chi connectivity index (χ1) is 29.6. The Hall–Kier alpha value is -6.10. The zero-order valence-electron chi connectivity index (χ0n) is 32.8. The Bertz CT molecular complexity index is 1910. The molecule has 6 rings (SSSR count). The lowest BCUT2D eigenvalue weighted by molar-refractivity contribution is -0.384. The number of nitro groups is 1. The minimum atomic E-state index is -0.333. The molecule has 1 aliphatic heterocycles. The lowest BCUT2D eigenvalue weighted by atomic mass is 10.00. The van der Waals surface area contributed by atoms with E-state index in [0.717, 1.165) is 65.1 Å². The summed E-state index contributed by atoms with van der Waals surface area (Å²) in [4.78, 5) is 25.5. The standard InChI is InChI=1S/C32H37N9O2.9F2.FH/c1-20-15-28(38(5)14-13-37(3)4)29(41(42)43)17-26(20)34-32-33-18-24(27-16-21(2)36-39(27)6)30(35-32)25-19-40-12-8-10-22-9-7-11-23(25)31(22)40;9*1-2;/h7,9,11,15-19H,8,10,12-14H2,1-6H3,(H,33,34,35);;;;;;;;;;1H. The lowest BCUT2D eigenvalue weighted by Crippen LogP contribution is -2.29. The first-order valence-electron chi connectivity index (χ1n) is 15.8. The fourth-order valence-electron chi connectivity index (χ4n) is 6.00. The van der Waals surface area contributed by atoms with E-state index in [2.05, 4.69) is 49.3 Å². The molecule has 0 unspecified atom stereocenters. The number of rotatable bonds is 9. The molecule has 0 radical (unpaired) electrons. The normalized spacial score (nSPS) is 9.69. The van der Waals surface area contributed by atoms with Crippen LogP contribution in [0, 0.1) is 24.0 Å². The van der Waals surface area contributed by atoms with Crippen molar-refractivity contribution < 1.29 is 92.0 Å². The Labute approximate surface area is 338 Å². The molecule has 0 saturated heterocycles. The predicted octanol–water partition coefficient (Wildman–Crippen LogP) is 13.4. The van der Waals surface area contributed by atoms with E-state index >= 15 is 0 Å². The SMILES string of the molecule is Cc1cc(-c2cnc(Nc3cc([N+](=O)[O-])c(N(C)CCN(C)C)cc3C)nc2-c2cn3c4c(cccc24)CCC3)n(C)n1.F.FF.FF.FF.FF.FF.FF.FF.FF.FF. The van der Waals surface area contributed by atoms with Crippen LogP contribution in [0.3, 0.4) is 0 Å². The number of benzene rings is 2. The summed E-state index contributed by atoms with van der Waals surface area (Å²) in [5, 5.41) is 21.2. The monoisotopic (exact) mass is 941 g/mol. The Kier molecular flexibility index (Phi) is 39.7. The van der Waals surface area contributed by atoms with E-state index < -0.39 is 0 Å². The molecule has 5 aromatic rings. The highest BCUT2D eigenvalue weighted by Crippen LogP contribution is 2.40. The summed E-state index contributed by atoms with van der Waals surface area (Å²) in [6.07, 6.45) is 6.17. The van der Waals surface area contributed by atoms with Gasteiger partial charge in [0, 0.05) is 151 Å². The van der Waals surface area contributed by atoms with Gasteiger partial charge in [0.25, 0.3) is 5.69 Å². The molecule has 0 saturated carbocycles. The Morgan fingerprint density at radius 3 is 1.87 bits per heavy atom. The van der Waals surface area contributed by atoms with E-state index in [0.29, 0.717) is 23.9 Å². The van der Waals surface area contributed by atoms with Crippen LogP contribution in [0.2, 0.25) is 0 Å². The van der Waals surface area contributed by atoms with Crippen LogP contribution in [0.4, 0.5) is 110 Å². The van der Waals surface area contributed by atoms with Crippen molar-refractivity contribution in [2.24, 2.45) is 7.05 Å². The molecule has 2 aromatic carbocycles. The molecule has 1 aliphatic rings. The average molecular weight is 942 g/mol. The number of nitrogens with zero attached hydrogens (tertiary/aromatic N) is 8. The minimum absolute atomic E-state index is 0. The minimum Gasteiger partial charge on any atom is -0.368 e. The molecule has 356 valence electrons. The third kappa shape index (κ3) is 17.9. The van der Waals surface area contributed by atoms with Gasteiger partial charge < -0.3 is 19.7 Å². The van der Waals surface area contributed by atoms with Crippen molar-refractivity contribution in [3.05, 3.63) is 75.7 Å². The van der Waals surface area contributed by atoms with Gasteiger partial charge in [-0.05, 0) is 64.0 Å². The molecular formula is C32H38F19N9O2. The van der Waals surface area contributed by atoms with E-state index in [4.69, 9.17) is 87.3 Å². The molecule has 0 fully saturated rings. The van der Waals surface area contributed by atoms with E-state index in [1.54, 1.807) is 6.07 Å². The Morgan fingerprint density at radius 2 is 1.37 bits per heavy atom. The van der Waals surface area contributed by atoms with E-state index in [-0.39, 0.29) is 15.3 Å². The molecule has 0 bridgehead atoms. The molecule has 0 amide bonds. The summed E-state index contributed by atoms with van der Waals surface area (Å²) < 4.78 is 148. The smallest absolute Gasteiger partial charge is 0.294 e. The largest absolute Gasteiger partial charge is 0.368 e. The second-order valence-corrected chi connectivity index (χ2v) is 11.7. The van der Waals surface area contributed by atoms with Crippen LogP contribution in [-0.2, 0) is 20.0 Å². The maximum Gasteiger partial charge on any atom is 0.294 e.